The van der Waals surface area contributed by atoms with Gasteiger partial charge in [-0.25, -0.2) is 0 Å². The summed E-state index contributed by atoms with van der Waals surface area (Å²) < 4.78 is 5.48. The van der Waals surface area contributed by atoms with E-state index in [1.165, 1.54) is 0 Å². The Morgan fingerprint density at radius 3 is 2.64 bits per heavy atom. The van der Waals surface area contributed by atoms with Crippen LogP contribution in [0.5, 0.6) is 0 Å². The topological polar surface area (TPSA) is 32.7 Å². The molecule has 0 amide bonds. The van der Waals surface area contributed by atoms with Crippen molar-refractivity contribution >= 4 is 0 Å². The Balaban J connectivity index is 2.17. The largest absolute Gasteiger partial charge is 0.391 e. The molecule has 1 saturated carbocycles. The molecule has 0 aromatic carbocycles. The molecule has 84 valence electrons. The molecule has 0 aromatic rings. The van der Waals surface area contributed by atoms with Crippen LogP contribution in [-0.2, 0) is 4.74 Å². The quantitative estimate of drug-likeness (QED) is 0.727. The minimum absolute atomic E-state index is 0.126. The van der Waals surface area contributed by atoms with Gasteiger partial charge in [-0.05, 0) is 40.2 Å². The van der Waals surface area contributed by atoms with Gasteiger partial charge >= 0.3 is 0 Å². The van der Waals surface area contributed by atoms with Crippen molar-refractivity contribution in [1.29, 1.82) is 0 Å². The molecule has 2 atom stereocenters. The van der Waals surface area contributed by atoms with Crippen LogP contribution < -0.4 is 0 Å². The van der Waals surface area contributed by atoms with Gasteiger partial charge in [0.05, 0.1) is 18.8 Å². The van der Waals surface area contributed by atoms with Gasteiger partial charge in [0.15, 0.2) is 0 Å². The van der Waals surface area contributed by atoms with E-state index in [-0.39, 0.29) is 6.10 Å². The van der Waals surface area contributed by atoms with Gasteiger partial charge in [0.2, 0.25) is 0 Å². The minimum Gasteiger partial charge on any atom is -0.391 e. The summed E-state index contributed by atoms with van der Waals surface area (Å²) in [6.07, 6.45) is 3.41. The summed E-state index contributed by atoms with van der Waals surface area (Å²) in [5.41, 5.74) is 0. The van der Waals surface area contributed by atoms with E-state index in [4.69, 9.17) is 4.74 Å². The summed E-state index contributed by atoms with van der Waals surface area (Å²) in [6, 6.07) is 0.353. The van der Waals surface area contributed by atoms with Crippen molar-refractivity contribution < 1.29 is 9.84 Å². The smallest absolute Gasteiger partial charge is 0.0695 e. The maximum atomic E-state index is 9.69. The van der Waals surface area contributed by atoms with Gasteiger partial charge in [0, 0.05) is 12.6 Å². The highest BCUT2D eigenvalue weighted by Crippen LogP contribution is 2.22. The molecule has 0 unspecified atom stereocenters. The van der Waals surface area contributed by atoms with E-state index in [9.17, 15) is 5.11 Å². The summed E-state index contributed by atoms with van der Waals surface area (Å²) in [4.78, 5) is 2.22. The van der Waals surface area contributed by atoms with Crippen LogP contribution in [0.4, 0.5) is 0 Å². The first-order valence-electron chi connectivity index (χ1n) is 5.61. The van der Waals surface area contributed by atoms with E-state index < -0.39 is 0 Å². The molecule has 0 aromatic heterocycles. The summed E-state index contributed by atoms with van der Waals surface area (Å²) in [6.45, 7) is 5.77. The highest BCUT2D eigenvalue weighted by molar-refractivity contribution is 4.83. The Morgan fingerprint density at radius 1 is 1.43 bits per heavy atom. The van der Waals surface area contributed by atoms with Crippen LogP contribution >= 0.6 is 0 Å². The van der Waals surface area contributed by atoms with E-state index in [2.05, 4.69) is 11.9 Å². The van der Waals surface area contributed by atoms with Crippen molar-refractivity contribution in [3.8, 4) is 0 Å². The van der Waals surface area contributed by atoms with Crippen molar-refractivity contribution in [2.24, 2.45) is 0 Å². The van der Waals surface area contributed by atoms with Gasteiger partial charge in [0.25, 0.3) is 0 Å². The molecular weight excluding hydrogens is 178 g/mol. The van der Waals surface area contributed by atoms with Gasteiger partial charge in [0.1, 0.15) is 0 Å². The van der Waals surface area contributed by atoms with Crippen LogP contribution in [0.1, 0.15) is 33.1 Å². The summed E-state index contributed by atoms with van der Waals surface area (Å²) in [5.74, 6) is 0. The molecule has 3 heteroatoms. The third-order valence-electron chi connectivity index (χ3n) is 2.91. The second-order valence-corrected chi connectivity index (χ2v) is 4.47. The lowest BCUT2D eigenvalue weighted by Gasteiger charge is -2.27. The predicted octanol–water partition coefficient (Wildman–Crippen LogP) is 1.26. The first-order chi connectivity index (χ1) is 6.61. The number of aliphatic hydroxyl groups is 1. The second-order valence-electron chi connectivity index (χ2n) is 4.47. The second kappa shape index (κ2) is 5.69. The van der Waals surface area contributed by atoms with Crippen molar-refractivity contribution in [2.75, 3.05) is 20.2 Å². The molecule has 0 aliphatic heterocycles. The molecule has 3 nitrogen and oxygen atoms in total. The number of ether oxygens (including phenoxy) is 1. The van der Waals surface area contributed by atoms with Crippen molar-refractivity contribution in [3.05, 3.63) is 0 Å². The highest BCUT2D eigenvalue weighted by atomic mass is 16.5. The molecule has 1 rings (SSSR count). The van der Waals surface area contributed by atoms with Gasteiger partial charge in [-0.15, -0.1) is 0 Å². The van der Waals surface area contributed by atoms with Crippen LogP contribution in [0.2, 0.25) is 0 Å². The van der Waals surface area contributed by atoms with E-state index >= 15 is 0 Å². The van der Waals surface area contributed by atoms with Gasteiger partial charge < -0.3 is 9.84 Å². The van der Waals surface area contributed by atoms with Crippen LogP contribution in [0.15, 0.2) is 0 Å². The molecule has 1 aliphatic carbocycles. The normalized spacial score (nSPS) is 27.9. The molecule has 0 spiro atoms. The Bertz CT molecular complexity index is 161. The zero-order chi connectivity index (χ0) is 10.6. The molecule has 1 fully saturated rings. The average Bonchev–Trinajstić information content (AvgIpc) is 2.50. The number of nitrogens with zero attached hydrogens (tertiary/aromatic N) is 1. The molecule has 0 bridgehead atoms. The lowest BCUT2D eigenvalue weighted by Crippen LogP contribution is -2.39. The van der Waals surface area contributed by atoms with Crippen molar-refractivity contribution in [3.63, 3.8) is 0 Å². The molecule has 14 heavy (non-hydrogen) atoms. The fraction of sp³-hybridized carbons (Fsp3) is 1.00. The Labute approximate surface area is 87.1 Å². The lowest BCUT2D eigenvalue weighted by atomic mass is 10.2. The molecular formula is C11H23NO2. The summed E-state index contributed by atoms with van der Waals surface area (Å²) >= 11 is 0. The summed E-state index contributed by atoms with van der Waals surface area (Å²) in [5, 5.41) is 9.69. The maximum absolute atomic E-state index is 9.69. The third-order valence-corrected chi connectivity index (χ3v) is 2.91. The number of rotatable bonds is 5. The number of hydrogen-bond donors (Lipinski definition) is 1. The Morgan fingerprint density at radius 2 is 2.14 bits per heavy atom. The predicted molar refractivity (Wildman–Crippen MR) is 57.4 cm³/mol. The molecule has 0 radical (unpaired) electrons. The molecule has 1 N–H and O–H groups in total. The van der Waals surface area contributed by atoms with E-state index in [1.54, 1.807) is 0 Å². The minimum atomic E-state index is -0.126. The third kappa shape index (κ3) is 3.56. The van der Waals surface area contributed by atoms with Crippen molar-refractivity contribution in [1.82, 2.24) is 4.90 Å². The average molecular weight is 201 g/mol. The first-order valence-corrected chi connectivity index (χ1v) is 5.61. The van der Waals surface area contributed by atoms with Crippen LogP contribution in [0, 0.1) is 0 Å². The fourth-order valence-corrected chi connectivity index (χ4v) is 2.03. The van der Waals surface area contributed by atoms with Crippen LogP contribution in [0.25, 0.3) is 0 Å². The Kier molecular flexibility index (Phi) is 4.85. The highest BCUT2D eigenvalue weighted by Gasteiger charge is 2.28. The first kappa shape index (κ1) is 12.0. The maximum Gasteiger partial charge on any atom is 0.0695 e. The van der Waals surface area contributed by atoms with E-state index in [1.807, 2.05) is 13.8 Å². The van der Waals surface area contributed by atoms with E-state index in [0.29, 0.717) is 12.1 Å². The number of hydrogen-bond acceptors (Lipinski definition) is 3. The monoisotopic (exact) mass is 201 g/mol. The Hall–Kier alpha value is -0.120. The van der Waals surface area contributed by atoms with Crippen LogP contribution in [0.3, 0.4) is 0 Å². The van der Waals surface area contributed by atoms with Gasteiger partial charge in [-0.1, -0.05) is 0 Å². The standard InChI is InChI=1S/C11H23NO2/c1-9(2)14-8-7-12(3)10-5-4-6-11(10)13/h9-11,13H,4-8H2,1-3H3/t10-,11-/m1/s1. The zero-order valence-corrected chi connectivity index (χ0v) is 9.57. The molecule has 1 aliphatic rings. The zero-order valence-electron chi connectivity index (χ0n) is 9.57. The van der Waals surface area contributed by atoms with Crippen LogP contribution in [-0.4, -0.2) is 48.5 Å². The number of aliphatic hydroxyl groups excluding tert-OH is 1. The van der Waals surface area contributed by atoms with Crippen molar-refractivity contribution in [2.45, 2.75) is 51.4 Å². The fourth-order valence-electron chi connectivity index (χ4n) is 2.03. The van der Waals surface area contributed by atoms with Gasteiger partial charge in [-0.2, -0.15) is 0 Å². The number of likely N-dealkylation sites (N-methyl/N-ethyl adjacent to an activating group) is 1. The van der Waals surface area contributed by atoms with E-state index in [0.717, 1.165) is 32.4 Å². The SMILES string of the molecule is CC(C)OCCN(C)[C@@H]1CCC[C@H]1O. The lowest BCUT2D eigenvalue weighted by molar-refractivity contribution is 0.0348. The molecule has 0 saturated heterocycles. The molecule has 0 heterocycles. The summed E-state index contributed by atoms with van der Waals surface area (Å²) in [7, 11) is 2.07. The van der Waals surface area contributed by atoms with Gasteiger partial charge in [-0.3, -0.25) is 4.90 Å².